The number of hydrogen-bond donors (Lipinski definition) is 1. The number of nitrogens with zero attached hydrogens (tertiary/aromatic N) is 1. The Bertz CT molecular complexity index is 976. The molecule has 7 heteroatoms. The molecule has 0 unspecified atom stereocenters. The number of nitrogens with one attached hydrogen (secondary N) is 1. The third kappa shape index (κ3) is 4.24. The van der Waals surface area contributed by atoms with Crippen LogP contribution in [0.1, 0.15) is 25.0 Å². The average molecular weight is 417 g/mol. The first-order chi connectivity index (χ1) is 13.4. The van der Waals surface area contributed by atoms with Crippen LogP contribution in [-0.4, -0.2) is 18.6 Å². The van der Waals surface area contributed by atoms with E-state index in [1.165, 1.54) is 6.08 Å². The van der Waals surface area contributed by atoms with Gasteiger partial charge in [0.05, 0.1) is 22.3 Å². The molecule has 0 saturated carbocycles. The fraction of sp³-hybridized carbons (Fsp3) is 0.238. The van der Waals surface area contributed by atoms with Crippen LogP contribution < -0.4 is 14.8 Å². The van der Waals surface area contributed by atoms with Crippen LogP contribution in [0.4, 0.5) is 5.69 Å². The Hall–Kier alpha value is -2.68. The minimum absolute atomic E-state index is 0.0739. The van der Waals surface area contributed by atoms with Gasteiger partial charge in [-0.15, -0.1) is 0 Å². The molecule has 28 heavy (non-hydrogen) atoms. The Labute approximate surface area is 173 Å². The fourth-order valence-corrected chi connectivity index (χ4v) is 3.44. The molecular formula is C21H18Cl2N2O3. The van der Waals surface area contributed by atoms with Gasteiger partial charge in [0, 0.05) is 17.5 Å². The molecule has 0 radical (unpaired) electrons. The van der Waals surface area contributed by atoms with Gasteiger partial charge in [0.15, 0.2) is 0 Å². The highest BCUT2D eigenvalue weighted by atomic mass is 35.5. The summed E-state index contributed by atoms with van der Waals surface area (Å²) >= 11 is 12.2. The Morgan fingerprint density at radius 2 is 2.11 bits per heavy atom. The SMILES string of the molecule is CCOc1cc2c(cc1/C=C(\C#N)C(=O)Nc1c(Cl)cccc1Cl)O[C@H](C)C2. The van der Waals surface area contributed by atoms with E-state index in [9.17, 15) is 10.1 Å². The summed E-state index contributed by atoms with van der Waals surface area (Å²) in [6.45, 7) is 4.31. The summed E-state index contributed by atoms with van der Waals surface area (Å²) in [5, 5.41) is 12.7. The number of fused-ring (bicyclic) bond motifs is 1. The fourth-order valence-electron chi connectivity index (χ4n) is 2.95. The molecule has 0 spiro atoms. The van der Waals surface area contributed by atoms with E-state index >= 15 is 0 Å². The largest absolute Gasteiger partial charge is 0.493 e. The van der Waals surface area contributed by atoms with Gasteiger partial charge in [0.1, 0.15) is 29.2 Å². The van der Waals surface area contributed by atoms with Crippen LogP contribution in [0.2, 0.25) is 10.0 Å². The predicted molar refractivity (Wildman–Crippen MR) is 110 cm³/mol. The van der Waals surface area contributed by atoms with Gasteiger partial charge in [0.2, 0.25) is 0 Å². The number of nitriles is 1. The smallest absolute Gasteiger partial charge is 0.266 e. The van der Waals surface area contributed by atoms with E-state index in [4.69, 9.17) is 32.7 Å². The van der Waals surface area contributed by atoms with Gasteiger partial charge in [-0.1, -0.05) is 29.3 Å². The summed E-state index contributed by atoms with van der Waals surface area (Å²) < 4.78 is 11.5. The van der Waals surface area contributed by atoms with E-state index in [-0.39, 0.29) is 27.4 Å². The molecule has 0 aliphatic carbocycles. The molecule has 0 aromatic heterocycles. The van der Waals surface area contributed by atoms with Gasteiger partial charge < -0.3 is 14.8 Å². The number of carbonyl (C=O) groups is 1. The molecule has 1 aliphatic rings. The van der Waals surface area contributed by atoms with Gasteiger partial charge in [-0.2, -0.15) is 5.26 Å². The minimum atomic E-state index is -0.616. The molecule has 2 aromatic rings. The van der Waals surface area contributed by atoms with Gasteiger partial charge in [-0.25, -0.2) is 0 Å². The van der Waals surface area contributed by atoms with Crippen molar-refractivity contribution < 1.29 is 14.3 Å². The third-order valence-electron chi connectivity index (χ3n) is 4.19. The quantitative estimate of drug-likeness (QED) is 0.532. The first-order valence-electron chi connectivity index (χ1n) is 8.76. The number of rotatable bonds is 5. The van der Waals surface area contributed by atoms with Crippen molar-refractivity contribution in [3.63, 3.8) is 0 Å². The molecule has 2 aromatic carbocycles. The molecule has 0 saturated heterocycles. The summed E-state index contributed by atoms with van der Waals surface area (Å²) in [4.78, 5) is 12.6. The molecule has 1 N–H and O–H groups in total. The summed E-state index contributed by atoms with van der Waals surface area (Å²) in [6.07, 6.45) is 2.33. The van der Waals surface area contributed by atoms with E-state index in [1.54, 1.807) is 24.3 Å². The lowest BCUT2D eigenvalue weighted by atomic mass is 10.0. The summed E-state index contributed by atoms with van der Waals surface area (Å²) in [6, 6.07) is 10.5. The van der Waals surface area contributed by atoms with E-state index in [0.717, 1.165) is 17.7 Å². The lowest BCUT2D eigenvalue weighted by Gasteiger charge is -2.11. The van der Waals surface area contributed by atoms with Crippen molar-refractivity contribution in [2.75, 3.05) is 11.9 Å². The molecule has 1 amide bonds. The number of ether oxygens (including phenoxy) is 2. The molecule has 0 bridgehead atoms. The van der Waals surface area contributed by atoms with Crippen molar-refractivity contribution >= 4 is 40.9 Å². The van der Waals surface area contributed by atoms with Crippen LogP contribution in [0.5, 0.6) is 11.5 Å². The van der Waals surface area contributed by atoms with Gasteiger partial charge in [0.25, 0.3) is 5.91 Å². The minimum Gasteiger partial charge on any atom is -0.493 e. The van der Waals surface area contributed by atoms with Crippen LogP contribution in [0.3, 0.4) is 0 Å². The van der Waals surface area contributed by atoms with Crippen LogP contribution in [0, 0.1) is 11.3 Å². The first-order valence-corrected chi connectivity index (χ1v) is 9.52. The normalized spacial score (nSPS) is 15.4. The number of carbonyl (C=O) groups excluding carboxylic acids is 1. The van der Waals surface area contributed by atoms with E-state index in [0.29, 0.717) is 17.9 Å². The molecule has 144 valence electrons. The van der Waals surface area contributed by atoms with E-state index in [2.05, 4.69) is 5.32 Å². The maximum Gasteiger partial charge on any atom is 0.266 e. The van der Waals surface area contributed by atoms with Crippen molar-refractivity contribution in [1.29, 1.82) is 5.26 Å². The second kappa shape index (κ2) is 8.55. The van der Waals surface area contributed by atoms with Crippen molar-refractivity contribution in [3.8, 4) is 17.6 Å². The lowest BCUT2D eigenvalue weighted by Crippen LogP contribution is -2.14. The number of benzene rings is 2. The van der Waals surface area contributed by atoms with Gasteiger partial charge in [-0.05, 0) is 44.2 Å². The Morgan fingerprint density at radius 1 is 1.39 bits per heavy atom. The Balaban J connectivity index is 1.95. The van der Waals surface area contributed by atoms with Crippen LogP contribution in [0.15, 0.2) is 35.9 Å². The molecule has 1 atom stereocenters. The number of hydrogen-bond acceptors (Lipinski definition) is 4. The topological polar surface area (TPSA) is 71.3 Å². The Morgan fingerprint density at radius 3 is 2.75 bits per heavy atom. The monoisotopic (exact) mass is 416 g/mol. The van der Waals surface area contributed by atoms with Crippen LogP contribution >= 0.6 is 23.2 Å². The molecular weight excluding hydrogens is 399 g/mol. The first kappa shape index (κ1) is 20.1. The number of anilines is 1. The highest BCUT2D eigenvalue weighted by Crippen LogP contribution is 2.36. The zero-order valence-corrected chi connectivity index (χ0v) is 16.9. The second-order valence-corrected chi connectivity index (χ2v) is 7.10. The number of para-hydroxylation sites is 1. The van der Waals surface area contributed by atoms with Gasteiger partial charge >= 0.3 is 0 Å². The highest BCUT2D eigenvalue weighted by molar-refractivity contribution is 6.40. The second-order valence-electron chi connectivity index (χ2n) is 6.28. The Kier molecular flexibility index (Phi) is 6.13. The van der Waals surface area contributed by atoms with Crippen LogP contribution in [0.25, 0.3) is 6.08 Å². The summed E-state index contributed by atoms with van der Waals surface area (Å²) in [5.41, 5.74) is 1.78. The third-order valence-corrected chi connectivity index (χ3v) is 4.82. The van der Waals surface area contributed by atoms with Crippen molar-refractivity contribution in [1.82, 2.24) is 0 Å². The number of amides is 1. The van der Waals surface area contributed by atoms with Crippen molar-refractivity contribution in [3.05, 3.63) is 57.1 Å². The molecule has 3 rings (SSSR count). The molecule has 1 heterocycles. The summed E-state index contributed by atoms with van der Waals surface area (Å²) in [7, 11) is 0. The summed E-state index contributed by atoms with van der Waals surface area (Å²) in [5.74, 6) is 0.707. The zero-order valence-electron chi connectivity index (χ0n) is 15.4. The van der Waals surface area contributed by atoms with Crippen molar-refractivity contribution in [2.45, 2.75) is 26.4 Å². The molecule has 1 aliphatic heterocycles. The highest BCUT2D eigenvalue weighted by Gasteiger charge is 2.22. The molecule has 5 nitrogen and oxygen atoms in total. The van der Waals surface area contributed by atoms with E-state index in [1.807, 2.05) is 26.0 Å². The standard InChI is InChI=1S/C21H18Cl2N2O3/c1-3-27-18-9-13-7-12(2)28-19(13)10-14(18)8-15(11-24)21(26)25-20-16(22)5-4-6-17(20)23/h4-6,8-10,12H,3,7H2,1-2H3,(H,25,26)/b15-8+/t12-/m1/s1. The maximum absolute atomic E-state index is 12.6. The average Bonchev–Trinajstić information content (AvgIpc) is 3.01. The maximum atomic E-state index is 12.6. The van der Waals surface area contributed by atoms with Crippen molar-refractivity contribution in [2.24, 2.45) is 0 Å². The molecule has 0 fully saturated rings. The lowest BCUT2D eigenvalue weighted by molar-refractivity contribution is -0.112. The number of halogens is 2. The van der Waals surface area contributed by atoms with E-state index < -0.39 is 5.91 Å². The van der Waals surface area contributed by atoms with Crippen LogP contribution in [-0.2, 0) is 11.2 Å². The zero-order chi connectivity index (χ0) is 20.3. The van der Waals surface area contributed by atoms with Gasteiger partial charge in [-0.3, -0.25) is 4.79 Å². The predicted octanol–water partition coefficient (Wildman–Crippen LogP) is 5.26.